The van der Waals surface area contributed by atoms with Crippen molar-refractivity contribution < 1.29 is 9.84 Å². The van der Waals surface area contributed by atoms with E-state index in [0.717, 1.165) is 31.7 Å². The lowest BCUT2D eigenvalue weighted by Gasteiger charge is -2.30. The summed E-state index contributed by atoms with van der Waals surface area (Å²) in [7, 11) is 0. The molecule has 0 aromatic rings. The largest absolute Gasteiger partial charge is 0.395 e. The van der Waals surface area contributed by atoms with Crippen molar-refractivity contribution in [1.82, 2.24) is 4.90 Å². The molecule has 0 bridgehead atoms. The Kier molecular flexibility index (Phi) is 5.26. The lowest BCUT2D eigenvalue weighted by molar-refractivity contribution is -0.0157. The van der Waals surface area contributed by atoms with Crippen LogP contribution in [0.25, 0.3) is 0 Å². The Morgan fingerprint density at radius 1 is 1.12 bits per heavy atom. The van der Waals surface area contributed by atoms with Crippen molar-refractivity contribution in [2.45, 2.75) is 57.6 Å². The van der Waals surface area contributed by atoms with Crippen molar-refractivity contribution >= 4 is 0 Å². The first-order chi connectivity index (χ1) is 8.31. The fraction of sp³-hybridized carbons (Fsp3) is 1.00. The van der Waals surface area contributed by atoms with Crippen LogP contribution in [0.1, 0.15) is 45.4 Å². The average molecular weight is 241 g/mol. The zero-order chi connectivity index (χ0) is 12.1. The predicted octanol–water partition coefficient (Wildman–Crippen LogP) is 2.04. The molecule has 17 heavy (non-hydrogen) atoms. The summed E-state index contributed by atoms with van der Waals surface area (Å²) in [4.78, 5) is 2.38. The summed E-state index contributed by atoms with van der Waals surface area (Å²) in [6.07, 6.45) is 8.37. The molecule has 0 aromatic carbocycles. The molecule has 2 rings (SSSR count). The second kappa shape index (κ2) is 6.72. The summed E-state index contributed by atoms with van der Waals surface area (Å²) >= 11 is 0. The number of aliphatic hydroxyl groups excluding tert-OH is 1. The molecule has 100 valence electrons. The van der Waals surface area contributed by atoms with Gasteiger partial charge in [0.05, 0.1) is 19.3 Å². The van der Waals surface area contributed by atoms with E-state index in [0.29, 0.717) is 6.10 Å². The summed E-state index contributed by atoms with van der Waals surface area (Å²) in [6, 6.07) is 0.731. The van der Waals surface area contributed by atoms with Gasteiger partial charge in [-0.2, -0.15) is 0 Å². The van der Waals surface area contributed by atoms with Gasteiger partial charge in [0.15, 0.2) is 0 Å². The van der Waals surface area contributed by atoms with Gasteiger partial charge in [0.1, 0.15) is 0 Å². The van der Waals surface area contributed by atoms with Gasteiger partial charge in [-0.15, -0.1) is 0 Å². The van der Waals surface area contributed by atoms with Gasteiger partial charge >= 0.3 is 0 Å². The van der Waals surface area contributed by atoms with Crippen LogP contribution in [0.2, 0.25) is 0 Å². The first-order valence-electron chi connectivity index (χ1n) is 7.27. The van der Waals surface area contributed by atoms with E-state index >= 15 is 0 Å². The Bertz CT molecular complexity index is 214. The number of nitrogens with zero attached hydrogens (tertiary/aromatic N) is 1. The topological polar surface area (TPSA) is 32.7 Å². The monoisotopic (exact) mass is 241 g/mol. The highest BCUT2D eigenvalue weighted by Crippen LogP contribution is 2.28. The molecule has 0 aromatic heterocycles. The highest BCUT2D eigenvalue weighted by atomic mass is 16.5. The van der Waals surface area contributed by atoms with E-state index in [9.17, 15) is 0 Å². The molecule has 0 saturated heterocycles. The summed E-state index contributed by atoms with van der Waals surface area (Å²) in [5.41, 5.74) is 0. The quantitative estimate of drug-likeness (QED) is 0.740. The molecule has 2 fully saturated rings. The van der Waals surface area contributed by atoms with Gasteiger partial charge in [-0.05, 0) is 31.6 Å². The Morgan fingerprint density at radius 3 is 2.53 bits per heavy atom. The normalized spacial score (nSPS) is 29.8. The lowest BCUT2D eigenvalue weighted by atomic mass is 9.88. The number of hydrogen-bond acceptors (Lipinski definition) is 3. The zero-order valence-corrected chi connectivity index (χ0v) is 11.1. The van der Waals surface area contributed by atoms with E-state index in [-0.39, 0.29) is 6.61 Å². The minimum absolute atomic E-state index is 0.274. The molecule has 0 radical (unpaired) electrons. The Hall–Kier alpha value is -0.120. The van der Waals surface area contributed by atoms with Crippen molar-refractivity contribution in [2.75, 3.05) is 26.3 Å². The second-order valence-electron chi connectivity index (χ2n) is 5.66. The fourth-order valence-corrected chi connectivity index (χ4v) is 2.90. The van der Waals surface area contributed by atoms with Crippen LogP contribution >= 0.6 is 0 Å². The van der Waals surface area contributed by atoms with Crippen molar-refractivity contribution in [3.63, 3.8) is 0 Å². The summed E-state index contributed by atoms with van der Waals surface area (Å²) in [6.45, 7) is 5.24. The molecule has 1 N–H and O–H groups in total. The van der Waals surface area contributed by atoms with Gasteiger partial charge in [0, 0.05) is 19.1 Å². The predicted molar refractivity (Wildman–Crippen MR) is 69.1 cm³/mol. The molecule has 3 nitrogen and oxygen atoms in total. The van der Waals surface area contributed by atoms with Gasteiger partial charge < -0.3 is 9.84 Å². The molecule has 0 aliphatic heterocycles. The molecule has 0 heterocycles. The van der Waals surface area contributed by atoms with Crippen LogP contribution in [0, 0.1) is 5.92 Å². The van der Waals surface area contributed by atoms with E-state index in [4.69, 9.17) is 9.84 Å². The van der Waals surface area contributed by atoms with Crippen LogP contribution < -0.4 is 0 Å². The maximum absolute atomic E-state index is 9.02. The van der Waals surface area contributed by atoms with Crippen LogP contribution in [0.4, 0.5) is 0 Å². The van der Waals surface area contributed by atoms with Crippen LogP contribution in [-0.4, -0.2) is 48.5 Å². The Morgan fingerprint density at radius 2 is 1.88 bits per heavy atom. The fourth-order valence-electron chi connectivity index (χ4n) is 2.90. The smallest absolute Gasteiger partial charge is 0.0601 e. The Balaban J connectivity index is 1.63. The first kappa shape index (κ1) is 13.3. The third kappa shape index (κ3) is 4.23. The summed E-state index contributed by atoms with van der Waals surface area (Å²) in [5, 5.41) is 9.02. The summed E-state index contributed by atoms with van der Waals surface area (Å²) in [5.74, 6) is 0.732. The standard InChI is InChI=1S/C14H27NO2/c1-12-4-2-3-5-14(12)17-11-9-15(8-10-16)13-6-7-13/h12-14,16H,2-11H2,1H3. The Labute approximate surface area is 105 Å². The van der Waals surface area contributed by atoms with E-state index < -0.39 is 0 Å². The van der Waals surface area contributed by atoms with E-state index in [1.54, 1.807) is 0 Å². The minimum Gasteiger partial charge on any atom is -0.395 e. The molecule has 2 unspecified atom stereocenters. The van der Waals surface area contributed by atoms with Crippen molar-refractivity contribution in [3.8, 4) is 0 Å². The van der Waals surface area contributed by atoms with Gasteiger partial charge in [-0.3, -0.25) is 4.90 Å². The molecule has 0 amide bonds. The molecule has 2 saturated carbocycles. The van der Waals surface area contributed by atoms with Gasteiger partial charge in [0.25, 0.3) is 0 Å². The van der Waals surface area contributed by atoms with Crippen molar-refractivity contribution in [3.05, 3.63) is 0 Å². The van der Waals surface area contributed by atoms with Crippen LogP contribution in [0.15, 0.2) is 0 Å². The van der Waals surface area contributed by atoms with Crippen LogP contribution in [0.5, 0.6) is 0 Å². The molecular formula is C14H27NO2. The number of aliphatic hydroxyl groups is 1. The highest BCUT2D eigenvalue weighted by Gasteiger charge is 2.28. The zero-order valence-electron chi connectivity index (χ0n) is 11.1. The molecule has 0 spiro atoms. The first-order valence-corrected chi connectivity index (χ1v) is 7.27. The second-order valence-corrected chi connectivity index (χ2v) is 5.66. The lowest BCUT2D eigenvalue weighted by Crippen LogP contribution is -2.34. The molecule has 2 aliphatic rings. The van der Waals surface area contributed by atoms with Gasteiger partial charge in [0.2, 0.25) is 0 Å². The van der Waals surface area contributed by atoms with Crippen LogP contribution in [0.3, 0.4) is 0 Å². The molecule has 3 heteroatoms. The SMILES string of the molecule is CC1CCCCC1OCCN(CCO)C1CC1. The van der Waals surface area contributed by atoms with Crippen molar-refractivity contribution in [1.29, 1.82) is 0 Å². The number of hydrogen-bond donors (Lipinski definition) is 1. The van der Waals surface area contributed by atoms with Crippen molar-refractivity contribution in [2.24, 2.45) is 5.92 Å². The van der Waals surface area contributed by atoms with Gasteiger partial charge in [-0.1, -0.05) is 19.8 Å². The van der Waals surface area contributed by atoms with E-state index in [1.165, 1.54) is 38.5 Å². The van der Waals surface area contributed by atoms with E-state index in [2.05, 4.69) is 11.8 Å². The molecule has 2 aliphatic carbocycles. The van der Waals surface area contributed by atoms with E-state index in [1.807, 2.05) is 0 Å². The number of ether oxygens (including phenoxy) is 1. The third-order valence-electron chi connectivity index (χ3n) is 4.19. The number of rotatable bonds is 7. The maximum atomic E-state index is 9.02. The molecular weight excluding hydrogens is 214 g/mol. The highest BCUT2D eigenvalue weighted by molar-refractivity contribution is 4.84. The maximum Gasteiger partial charge on any atom is 0.0601 e. The third-order valence-corrected chi connectivity index (χ3v) is 4.19. The minimum atomic E-state index is 0.274. The summed E-state index contributed by atoms with van der Waals surface area (Å²) < 4.78 is 6.03. The van der Waals surface area contributed by atoms with Crippen LogP contribution in [-0.2, 0) is 4.74 Å². The van der Waals surface area contributed by atoms with Gasteiger partial charge in [-0.25, -0.2) is 0 Å². The molecule has 2 atom stereocenters. The average Bonchev–Trinajstić information content (AvgIpc) is 3.14.